The van der Waals surface area contributed by atoms with Crippen molar-refractivity contribution in [3.8, 4) is 0 Å². The molecule has 2 heterocycles. The van der Waals surface area contributed by atoms with Gasteiger partial charge in [0.15, 0.2) is 0 Å². The van der Waals surface area contributed by atoms with Crippen molar-refractivity contribution in [3.05, 3.63) is 18.0 Å². The van der Waals surface area contributed by atoms with E-state index in [0.29, 0.717) is 32.0 Å². The van der Waals surface area contributed by atoms with E-state index >= 15 is 0 Å². The van der Waals surface area contributed by atoms with Crippen molar-refractivity contribution in [1.29, 1.82) is 0 Å². The minimum absolute atomic E-state index is 0.0676. The molecule has 1 aromatic heterocycles. The number of piperazine rings is 1. The molecule has 0 bridgehead atoms. The van der Waals surface area contributed by atoms with E-state index < -0.39 is 23.5 Å². The van der Waals surface area contributed by atoms with Gasteiger partial charge in [0.05, 0.1) is 5.37 Å². The zero-order valence-corrected chi connectivity index (χ0v) is 12.3. The molecule has 0 aliphatic carbocycles. The smallest absolute Gasteiger partial charge is 0.369 e. The van der Waals surface area contributed by atoms with E-state index in [1.807, 2.05) is 0 Å². The van der Waals surface area contributed by atoms with Crippen molar-refractivity contribution in [3.63, 3.8) is 0 Å². The van der Waals surface area contributed by atoms with Crippen molar-refractivity contribution in [2.75, 3.05) is 24.5 Å². The highest BCUT2D eigenvalue weighted by Gasteiger charge is 2.71. The Bertz CT molecular complexity index is 535. The van der Waals surface area contributed by atoms with Gasteiger partial charge in [-0.2, -0.15) is 39.0 Å². The van der Waals surface area contributed by atoms with Crippen LogP contribution in [0.3, 0.4) is 0 Å². The van der Waals surface area contributed by atoms with Gasteiger partial charge in [0.25, 0.3) is 5.60 Å². The fraction of sp³-hybridized carbons (Fsp3) is 0.636. The number of nitrogens with zero attached hydrogens (tertiary/aromatic N) is 3. The number of aliphatic hydroxyl groups is 1. The number of alkyl halides is 6. The molecular formula is C11H12F6N4OS. The Balaban J connectivity index is 2.37. The molecule has 1 atom stereocenters. The second kappa shape index (κ2) is 5.98. The Kier molecular flexibility index (Phi) is 4.70. The molecule has 130 valence electrons. The first-order valence-electron chi connectivity index (χ1n) is 6.32. The van der Waals surface area contributed by atoms with Crippen molar-refractivity contribution in [2.45, 2.75) is 23.3 Å². The fourth-order valence-electron chi connectivity index (χ4n) is 2.07. The summed E-state index contributed by atoms with van der Waals surface area (Å²) in [6, 6.07) is 0. The first-order valence-corrected chi connectivity index (χ1v) is 6.84. The summed E-state index contributed by atoms with van der Waals surface area (Å²) in [6.07, 6.45) is -11.3. The van der Waals surface area contributed by atoms with Gasteiger partial charge in [-0.3, -0.25) is 0 Å². The molecule has 2 N–H and O–H groups in total. The predicted octanol–water partition coefficient (Wildman–Crippen LogP) is 1.45. The molecule has 1 saturated heterocycles. The zero-order valence-electron chi connectivity index (χ0n) is 11.4. The van der Waals surface area contributed by atoms with Crippen LogP contribution in [0.4, 0.5) is 32.3 Å². The minimum Gasteiger partial charge on any atom is -0.369 e. The maximum absolute atomic E-state index is 12.7. The van der Waals surface area contributed by atoms with E-state index in [-0.39, 0.29) is 11.3 Å². The first-order chi connectivity index (χ1) is 10.5. The second-order valence-electron chi connectivity index (χ2n) is 4.86. The monoisotopic (exact) mass is 362 g/mol. The fourth-order valence-corrected chi connectivity index (χ4v) is 2.42. The van der Waals surface area contributed by atoms with Gasteiger partial charge in [0.1, 0.15) is 0 Å². The molecule has 23 heavy (non-hydrogen) atoms. The second-order valence-corrected chi connectivity index (χ2v) is 5.45. The molecule has 1 aliphatic heterocycles. The van der Waals surface area contributed by atoms with Gasteiger partial charge in [-0.05, 0) is 0 Å². The van der Waals surface area contributed by atoms with Gasteiger partial charge < -0.3 is 15.3 Å². The lowest BCUT2D eigenvalue weighted by atomic mass is 9.95. The van der Waals surface area contributed by atoms with E-state index in [1.54, 1.807) is 0 Å². The SMILES string of the molecule is OC(c1cnc(N2CCNC[C@@H]2S)nc1)(C(F)(F)F)C(F)(F)F. The summed E-state index contributed by atoms with van der Waals surface area (Å²) in [4.78, 5) is 8.57. The molecule has 2 rings (SSSR count). The third-order valence-electron chi connectivity index (χ3n) is 3.35. The number of rotatable bonds is 2. The molecule has 0 radical (unpaired) electrons. The number of hydrogen-bond acceptors (Lipinski definition) is 6. The van der Waals surface area contributed by atoms with Crippen LogP contribution in [0.15, 0.2) is 12.4 Å². The zero-order chi connectivity index (χ0) is 17.5. The Morgan fingerprint density at radius 1 is 1.13 bits per heavy atom. The highest BCUT2D eigenvalue weighted by atomic mass is 32.1. The number of anilines is 1. The molecule has 1 fully saturated rings. The summed E-state index contributed by atoms with van der Waals surface area (Å²) >= 11 is 4.22. The van der Waals surface area contributed by atoms with Crippen LogP contribution < -0.4 is 10.2 Å². The average Bonchev–Trinajstić information content (AvgIpc) is 2.45. The third-order valence-corrected chi connectivity index (χ3v) is 3.81. The van der Waals surface area contributed by atoms with Gasteiger partial charge in [0, 0.05) is 37.6 Å². The lowest BCUT2D eigenvalue weighted by molar-refractivity contribution is -0.376. The Labute approximate surface area is 132 Å². The van der Waals surface area contributed by atoms with E-state index in [1.165, 1.54) is 4.90 Å². The molecular weight excluding hydrogens is 350 g/mol. The number of halogens is 6. The Hall–Kier alpha value is -1.27. The average molecular weight is 362 g/mol. The van der Waals surface area contributed by atoms with Crippen LogP contribution in [0.25, 0.3) is 0 Å². The number of nitrogens with one attached hydrogen (secondary N) is 1. The molecule has 0 aromatic carbocycles. The number of aromatic nitrogens is 2. The van der Waals surface area contributed by atoms with Crippen LogP contribution in [0.5, 0.6) is 0 Å². The third kappa shape index (κ3) is 3.19. The van der Waals surface area contributed by atoms with Crippen LogP contribution in [0.1, 0.15) is 5.56 Å². The summed E-state index contributed by atoms with van der Waals surface area (Å²) in [5.74, 6) is -0.0676. The lowest BCUT2D eigenvalue weighted by Crippen LogP contribution is -2.54. The van der Waals surface area contributed by atoms with Gasteiger partial charge >= 0.3 is 12.4 Å². The maximum atomic E-state index is 12.7. The summed E-state index contributed by atoms with van der Waals surface area (Å²) < 4.78 is 76.5. The summed E-state index contributed by atoms with van der Waals surface area (Å²) in [5.41, 5.74) is -6.52. The maximum Gasteiger partial charge on any atom is 0.430 e. The summed E-state index contributed by atoms with van der Waals surface area (Å²) in [5, 5.41) is 11.9. The van der Waals surface area contributed by atoms with Gasteiger partial charge in [-0.15, -0.1) is 0 Å². The standard InChI is InChI=1S/C11H12F6N4OS/c12-10(13,14)9(22,11(15,16)17)6-3-19-8(20-4-6)21-2-1-18-5-7(21)23/h3-4,7,18,22-23H,1-2,5H2/t7-/m0/s1. The highest BCUT2D eigenvalue weighted by Crippen LogP contribution is 2.49. The van der Waals surface area contributed by atoms with Crippen molar-refractivity contribution in [1.82, 2.24) is 15.3 Å². The number of hydrogen-bond donors (Lipinski definition) is 3. The van der Waals surface area contributed by atoms with E-state index in [0.717, 1.165) is 0 Å². The van der Waals surface area contributed by atoms with Crippen molar-refractivity contribution < 1.29 is 31.4 Å². The normalized spacial score (nSPS) is 20.7. The van der Waals surface area contributed by atoms with Crippen molar-refractivity contribution in [2.24, 2.45) is 0 Å². The predicted molar refractivity (Wildman–Crippen MR) is 71.0 cm³/mol. The topological polar surface area (TPSA) is 61.3 Å². The molecule has 0 spiro atoms. The van der Waals surface area contributed by atoms with E-state index in [4.69, 9.17) is 0 Å². The van der Waals surface area contributed by atoms with Crippen LogP contribution in [-0.2, 0) is 5.60 Å². The van der Waals surface area contributed by atoms with Gasteiger partial charge in [-0.1, -0.05) is 0 Å². The lowest BCUT2D eigenvalue weighted by Gasteiger charge is -2.34. The summed E-state index contributed by atoms with van der Waals surface area (Å²) in [7, 11) is 0. The number of thiol groups is 1. The van der Waals surface area contributed by atoms with Crippen LogP contribution in [0.2, 0.25) is 0 Å². The summed E-state index contributed by atoms with van der Waals surface area (Å²) in [6.45, 7) is 1.37. The largest absolute Gasteiger partial charge is 0.430 e. The van der Waals surface area contributed by atoms with Crippen LogP contribution in [0, 0.1) is 0 Å². The molecule has 0 saturated carbocycles. The molecule has 0 amide bonds. The molecule has 12 heteroatoms. The van der Waals surface area contributed by atoms with Gasteiger partial charge in [-0.25, -0.2) is 9.97 Å². The molecule has 5 nitrogen and oxygen atoms in total. The van der Waals surface area contributed by atoms with Crippen molar-refractivity contribution >= 4 is 18.6 Å². The Morgan fingerprint density at radius 3 is 2.09 bits per heavy atom. The Morgan fingerprint density at radius 2 is 1.65 bits per heavy atom. The molecule has 1 aliphatic rings. The van der Waals surface area contributed by atoms with Crippen LogP contribution >= 0.6 is 12.6 Å². The minimum atomic E-state index is -5.96. The molecule has 0 unspecified atom stereocenters. The highest BCUT2D eigenvalue weighted by molar-refractivity contribution is 7.81. The van der Waals surface area contributed by atoms with E-state index in [9.17, 15) is 31.4 Å². The van der Waals surface area contributed by atoms with Gasteiger partial charge in [0.2, 0.25) is 5.95 Å². The van der Waals surface area contributed by atoms with Crippen LogP contribution in [-0.4, -0.2) is 52.4 Å². The quantitative estimate of drug-likeness (QED) is 0.549. The molecule has 1 aromatic rings. The van der Waals surface area contributed by atoms with E-state index in [2.05, 4.69) is 27.9 Å². The first kappa shape index (κ1) is 18.1.